The SMILES string of the molecule is C=CC(=O)N1CC[C@@H]1C(=O)NCC1(c2ccccc2)CC1. The van der Waals surface area contributed by atoms with Gasteiger partial charge >= 0.3 is 0 Å². The molecule has 2 fully saturated rings. The van der Waals surface area contributed by atoms with Crippen LogP contribution in [0.3, 0.4) is 0 Å². The van der Waals surface area contributed by atoms with Crippen molar-refractivity contribution in [2.24, 2.45) is 0 Å². The van der Waals surface area contributed by atoms with Crippen LogP contribution in [-0.2, 0) is 15.0 Å². The number of hydrogen-bond acceptors (Lipinski definition) is 2. The molecule has 4 heteroatoms. The molecule has 1 N–H and O–H groups in total. The molecule has 1 heterocycles. The predicted molar refractivity (Wildman–Crippen MR) is 80.7 cm³/mol. The third-order valence-corrected chi connectivity index (χ3v) is 4.62. The second-order valence-corrected chi connectivity index (χ2v) is 5.90. The number of nitrogens with zero attached hydrogens (tertiary/aromatic N) is 1. The van der Waals surface area contributed by atoms with E-state index in [1.54, 1.807) is 4.90 Å². The summed E-state index contributed by atoms with van der Waals surface area (Å²) in [7, 11) is 0. The van der Waals surface area contributed by atoms with Gasteiger partial charge in [-0.15, -0.1) is 0 Å². The number of likely N-dealkylation sites (tertiary alicyclic amines) is 1. The van der Waals surface area contributed by atoms with Crippen molar-refractivity contribution >= 4 is 11.8 Å². The molecule has 0 spiro atoms. The molecule has 3 rings (SSSR count). The van der Waals surface area contributed by atoms with Crippen molar-refractivity contribution in [2.45, 2.75) is 30.7 Å². The van der Waals surface area contributed by atoms with E-state index < -0.39 is 0 Å². The third kappa shape index (κ3) is 2.58. The van der Waals surface area contributed by atoms with E-state index in [4.69, 9.17) is 0 Å². The molecule has 2 aliphatic rings. The molecule has 0 radical (unpaired) electrons. The number of carbonyl (C=O) groups excluding carboxylic acids is 2. The van der Waals surface area contributed by atoms with E-state index in [1.165, 1.54) is 11.6 Å². The first-order valence-corrected chi connectivity index (χ1v) is 7.43. The highest BCUT2D eigenvalue weighted by Gasteiger charge is 2.45. The van der Waals surface area contributed by atoms with Gasteiger partial charge in [-0.05, 0) is 30.9 Å². The quantitative estimate of drug-likeness (QED) is 0.835. The third-order valence-electron chi connectivity index (χ3n) is 4.62. The summed E-state index contributed by atoms with van der Waals surface area (Å²) in [5.41, 5.74) is 1.39. The first-order valence-electron chi connectivity index (χ1n) is 7.43. The Labute approximate surface area is 124 Å². The highest BCUT2D eigenvalue weighted by molar-refractivity contribution is 5.94. The van der Waals surface area contributed by atoms with E-state index in [9.17, 15) is 9.59 Å². The number of nitrogens with one attached hydrogen (secondary N) is 1. The van der Waals surface area contributed by atoms with Crippen molar-refractivity contribution in [3.8, 4) is 0 Å². The van der Waals surface area contributed by atoms with Crippen molar-refractivity contribution in [1.29, 1.82) is 0 Å². The zero-order chi connectivity index (χ0) is 14.9. The average Bonchev–Trinajstić information content (AvgIpc) is 3.26. The molecule has 0 aromatic heterocycles. The molecule has 1 atom stereocenters. The zero-order valence-electron chi connectivity index (χ0n) is 12.0. The summed E-state index contributed by atoms with van der Waals surface area (Å²) in [5.74, 6) is -0.204. The standard InChI is InChI=1S/C17H20N2O2/c1-2-15(20)19-11-8-14(19)16(21)18-12-17(9-10-17)13-6-4-3-5-7-13/h2-7,14H,1,8-12H2,(H,18,21)/t14-/m1/s1. The van der Waals surface area contributed by atoms with Gasteiger partial charge in [-0.1, -0.05) is 36.9 Å². The van der Waals surface area contributed by atoms with Crippen LogP contribution in [0.1, 0.15) is 24.8 Å². The Bertz CT molecular complexity index is 563. The topological polar surface area (TPSA) is 49.4 Å². The maximum Gasteiger partial charge on any atom is 0.246 e. The minimum Gasteiger partial charge on any atom is -0.353 e. The van der Waals surface area contributed by atoms with Crippen LogP contribution in [0.2, 0.25) is 0 Å². The summed E-state index contributed by atoms with van der Waals surface area (Å²) in [5, 5.41) is 3.03. The summed E-state index contributed by atoms with van der Waals surface area (Å²) in [6.07, 6.45) is 4.23. The molecule has 1 aliphatic carbocycles. The molecule has 1 saturated carbocycles. The van der Waals surface area contributed by atoms with Gasteiger partial charge in [0.1, 0.15) is 6.04 Å². The van der Waals surface area contributed by atoms with Crippen LogP contribution in [0.5, 0.6) is 0 Å². The second-order valence-electron chi connectivity index (χ2n) is 5.90. The summed E-state index contributed by atoms with van der Waals surface area (Å²) < 4.78 is 0. The Kier molecular flexibility index (Phi) is 3.53. The van der Waals surface area contributed by atoms with Crippen LogP contribution >= 0.6 is 0 Å². The summed E-state index contributed by atoms with van der Waals surface area (Å²) >= 11 is 0. The maximum absolute atomic E-state index is 12.2. The Balaban J connectivity index is 1.57. The number of hydrogen-bond donors (Lipinski definition) is 1. The Morgan fingerprint density at radius 1 is 1.33 bits per heavy atom. The van der Waals surface area contributed by atoms with Gasteiger partial charge in [-0.3, -0.25) is 9.59 Å². The minimum atomic E-state index is -0.318. The highest BCUT2D eigenvalue weighted by atomic mass is 16.2. The Morgan fingerprint density at radius 2 is 2.05 bits per heavy atom. The molecule has 2 amide bonds. The fourth-order valence-electron chi connectivity index (χ4n) is 2.93. The van der Waals surface area contributed by atoms with Crippen LogP contribution in [0.25, 0.3) is 0 Å². The van der Waals surface area contributed by atoms with Crippen LogP contribution in [0.15, 0.2) is 43.0 Å². The summed E-state index contributed by atoms with van der Waals surface area (Å²) in [6.45, 7) is 4.77. The molecule has 21 heavy (non-hydrogen) atoms. The molecule has 1 aromatic rings. The molecular formula is C17H20N2O2. The molecule has 4 nitrogen and oxygen atoms in total. The maximum atomic E-state index is 12.2. The van der Waals surface area contributed by atoms with Gasteiger partial charge in [0.15, 0.2) is 0 Å². The van der Waals surface area contributed by atoms with E-state index in [2.05, 4.69) is 24.0 Å². The van der Waals surface area contributed by atoms with Gasteiger partial charge in [-0.2, -0.15) is 0 Å². The lowest BCUT2D eigenvalue weighted by molar-refractivity contribution is -0.143. The number of carbonyl (C=O) groups is 2. The molecule has 1 saturated heterocycles. The van der Waals surface area contributed by atoms with E-state index in [-0.39, 0.29) is 23.3 Å². The van der Waals surface area contributed by atoms with Gasteiger partial charge in [0, 0.05) is 18.5 Å². The average molecular weight is 284 g/mol. The van der Waals surface area contributed by atoms with Gasteiger partial charge in [0.2, 0.25) is 11.8 Å². The van der Waals surface area contributed by atoms with Gasteiger partial charge in [0.05, 0.1) is 0 Å². The van der Waals surface area contributed by atoms with Crippen LogP contribution in [0, 0.1) is 0 Å². The van der Waals surface area contributed by atoms with Crippen molar-refractivity contribution in [3.63, 3.8) is 0 Å². The predicted octanol–water partition coefficient (Wildman–Crippen LogP) is 1.62. The van der Waals surface area contributed by atoms with Crippen LogP contribution in [-0.4, -0.2) is 35.8 Å². The number of amides is 2. The first kappa shape index (κ1) is 13.9. The molecular weight excluding hydrogens is 264 g/mol. The zero-order valence-corrected chi connectivity index (χ0v) is 12.0. The lowest BCUT2D eigenvalue weighted by Gasteiger charge is -2.39. The lowest BCUT2D eigenvalue weighted by atomic mass is 9.95. The lowest BCUT2D eigenvalue weighted by Crippen LogP contribution is -2.58. The van der Waals surface area contributed by atoms with E-state index in [0.29, 0.717) is 13.1 Å². The van der Waals surface area contributed by atoms with E-state index in [1.807, 2.05) is 18.2 Å². The molecule has 1 aromatic carbocycles. The molecule has 0 unspecified atom stereocenters. The largest absolute Gasteiger partial charge is 0.353 e. The molecule has 1 aliphatic heterocycles. The molecule has 0 bridgehead atoms. The van der Waals surface area contributed by atoms with E-state index >= 15 is 0 Å². The highest BCUT2D eigenvalue weighted by Crippen LogP contribution is 2.47. The van der Waals surface area contributed by atoms with Crippen molar-refractivity contribution in [3.05, 3.63) is 48.6 Å². The monoisotopic (exact) mass is 284 g/mol. The fraction of sp³-hybridized carbons (Fsp3) is 0.412. The second kappa shape index (κ2) is 5.35. The smallest absolute Gasteiger partial charge is 0.246 e. The summed E-state index contributed by atoms with van der Waals surface area (Å²) in [6, 6.07) is 10.0. The van der Waals surface area contributed by atoms with Crippen molar-refractivity contribution in [1.82, 2.24) is 10.2 Å². The van der Waals surface area contributed by atoms with Gasteiger partial charge < -0.3 is 10.2 Å². The molecule has 110 valence electrons. The van der Waals surface area contributed by atoms with E-state index in [0.717, 1.165) is 19.3 Å². The normalized spacial score (nSPS) is 22.1. The van der Waals surface area contributed by atoms with Gasteiger partial charge in [-0.25, -0.2) is 0 Å². The summed E-state index contributed by atoms with van der Waals surface area (Å²) in [4.78, 5) is 25.4. The van der Waals surface area contributed by atoms with Crippen molar-refractivity contribution < 1.29 is 9.59 Å². The first-order chi connectivity index (χ1) is 10.2. The van der Waals surface area contributed by atoms with Crippen molar-refractivity contribution in [2.75, 3.05) is 13.1 Å². The van der Waals surface area contributed by atoms with Crippen LogP contribution < -0.4 is 5.32 Å². The minimum absolute atomic E-state index is 0.0429. The Morgan fingerprint density at radius 3 is 2.57 bits per heavy atom. The number of rotatable bonds is 5. The van der Waals surface area contributed by atoms with Crippen LogP contribution in [0.4, 0.5) is 0 Å². The Hall–Kier alpha value is -2.10. The van der Waals surface area contributed by atoms with Gasteiger partial charge in [0.25, 0.3) is 0 Å². The fourth-order valence-corrected chi connectivity index (χ4v) is 2.93. The number of benzene rings is 1.